The highest BCUT2D eigenvalue weighted by Crippen LogP contribution is 2.26. The Morgan fingerprint density at radius 2 is 1.75 bits per heavy atom. The molecule has 0 spiro atoms. The molecular formula is C18H22BrN3O2. The molecule has 0 radical (unpaired) electrons. The third-order valence-electron chi connectivity index (χ3n) is 4.78. The number of carbonyl (C=O) groups is 2. The molecule has 6 heteroatoms. The first-order valence-electron chi connectivity index (χ1n) is 8.46. The van der Waals surface area contributed by atoms with Gasteiger partial charge in [0.1, 0.15) is 5.71 Å². The molecule has 0 aliphatic carbocycles. The van der Waals surface area contributed by atoms with Crippen LogP contribution in [-0.4, -0.2) is 34.5 Å². The number of benzene rings is 1. The van der Waals surface area contributed by atoms with E-state index in [9.17, 15) is 9.59 Å². The number of carbonyl (C=O) groups excluding carboxylic acids is 2. The normalized spacial score (nSPS) is 24.8. The van der Waals surface area contributed by atoms with Gasteiger partial charge in [-0.15, -0.1) is 0 Å². The Hall–Kier alpha value is -1.69. The second-order valence-corrected chi connectivity index (χ2v) is 7.49. The molecule has 0 N–H and O–H groups in total. The first kappa shape index (κ1) is 17.1. The zero-order chi connectivity index (χ0) is 17.3. The van der Waals surface area contributed by atoms with Gasteiger partial charge in [0.25, 0.3) is 5.91 Å². The van der Waals surface area contributed by atoms with Crippen molar-refractivity contribution in [3.8, 4) is 0 Å². The van der Waals surface area contributed by atoms with Crippen molar-refractivity contribution in [2.75, 3.05) is 5.01 Å². The van der Waals surface area contributed by atoms with Gasteiger partial charge in [-0.25, -0.2) is 5.01 Å². The summed E-state index contributed by atoms with van der Waals surface area (Å²) in [5.74, 6) is -0.0991. The topological polar surface area (TPSA) is 53.0 Å². The minimum atomic E-state index is -0.0754. The highest BCUT2D eigenvalue weighted by molar-refractivity contribution is 9.10. The van der Waals surface area contributed by atoms with E-state index in [0.717, 1.165) is 23.7 Å². The summed E-state index contributed by atoms with van der Waals surface area (Å²) in [6, 6.07) is 7.83. The molecule has 2 aliphatic rings. The van der Waals surface area contributed by atoms with Crippen LogP contribution in [0.4, 0.5) is 5.69 Å². The van der Waals surface area contributed by atoms with E-state index in [1.54, 1.807) is 0 Å². The summed E-state index contributed by atoms with van der Waals surface area (Å²) in [5.41, 5.74) is 1.17. The fraction of sp³-hybridized carbons (Fsp3) is 0.500. The van der Waals surface area contributed by atoms with Crippen LogP contribution in [0.2, 0.25) is 0 Å². The molecule has 2 aliphatic heterocycles. The summed E-state index contributed by atoms with van der Waals surface area (Å²) in [7, 11) is 0. The van der Waals surface area contributed by atoms with Gasteiger partial charge in [-0.3, -0.25) is 9.59 Å². The lowest BCUT2D eigenvalue weighted by molar-refractivity contribution is -0.130. The summed E-state index contributed by atoms with van der Waals surface area (Å²) in [5, 5.41) is 5.76. The third kappa shape index (κ3) is 3.38. The van der Waals surface area contributed by atoms with Gasteiger partial charge in [0.05, 0.1) is 5.69 Å². The van der Waals surface area contributed by atoms with E-state index in [1.807, 2.05) is 29.2 Å². The largest absolute Gasteiger partial charge is 0.332 e. The molecule has 24 heavy (non-hydrogen) atoms. The molecule has 1 fully saturated rings. The summed E-state index contributed by atoms with van der Waals surface area (Å²) in [6.07, 6.45) is 3.94. The molecule has 0 saturated carbocycles. The lowest BCUT2D eigenvalue weighted by atomic mass is 9.96. The number of hydrazone groups is 1. The molecule has 2 atom stereocenters. The van der Waals surface area contributed by atoms with Crippen molar-refractivity contribution in [2.24, 2.45) is 5.10 Å². The molecule has 1 saturated heterocycles. The number of nitrogens with zero attached hydrogens (tertiary/aromatic N) is 3. The van der Waals surface area contributed by atoms with E-state index in [2.05, 4.69) is 34.9 Å². The van der Waals surface area contributed by atoms with Crippen molar-refractivity contribution in [1.82, 2.24) is 4.90 Å². The lowest BCUT2D eigenvalue weighted by Gasteiger charge is -2.39. The number of halogens is 1. The van der Waals surface area contributed by atoms with Crippen LogP contribution in [0.5, 0.6) is 0 Å². The number of hydrogen-bond acceptors (Lipinski definition) is 3. The smallest absolute Gasteiger partial charge is 0.270 e. The zero-order valence-corrected chi connectivity index (χ0v) is 15.6. The Morgan fingerprint density at radius 1 is 1.12 bits per heavy atom. The molecule has 3 rings (SSSR count). The molecule has 0 bridgehead atoms. The van der Waals surface area contributed by atoms with Crippen molar-refractivity contribution < 1.29 is 9.59 Å². The van der Waals surface area contributed by atoms with Crippen molar-refractivity contribution in [3.63, 3.8) is 0 Å². The molecule has 1 aromatic carbocycles. The fourth-order valence-electron chi connectivity index (χ4n) is 3.46. The van der Waals surface area contributed by atoms with Crippen LogP contribution in [-0.2, 0) is 9.59 Å². The average molecular weight is 392 g/mol. The van der Waals surface area contributed by atoms with E-state index >= 15 is 0 Å². The molecule has 2 heterocycles. The Balaban J connectivity index is 1.87. The van der Waals surface area contributed by atoms with Gasteiger partial charge in [0.15, 0.2) is 0 Å². The van der Waals surface area contributed by atoms with Gasteiger partial charge < -0.3 is 4.90 Å². The first-order chi connectivity index (χ1) is 11.5. The summed E-state index contributed by atoms with van der Waals surface area (Å²) in [6.45, 7) is 4.18. The van der Waals surface area contributed by atoms with E-state index in [4.69, 9.17) is 0 Å². The van der Waals surface area contributed by atoms with Crippen molar-refractivity contribution in [1.29, 1.82) is 0 Å². The summed E-state index contributed by atoms with van der Waals surface area (Å²) < 4.78 is 0.937. The summed E-state index contributed by atoms with van der Waals surface area (Å²) >= 11 is 3.38. The molecule has 2 amide bonds. The van der Waals surface area contributed by atoms with E-state index in [1.165, 1.54) is 5.01 Å². The van der Waals surface area contributed by atoms with Gasteiger partial charge in [0.2, 0.25) is 5.91 Å². The first-order valence-corrected chi connectivity index (χ1v) is 9.25. The number of anilines is 1. The maximum Gasteiger partial charge on any atom is 0.270 e. The average Bonchev–Trinajstić information content (AvgIpc) is 2.56. The second kappa shape index (κ2) is 7.05. The van der Waals surface area contributed by atoms with Crippen molar-refractivity contribution in [2.45, 2.75) is 58.0 Å². The van der Waals surface area contributed by atoms with Crippen LogP contribution in [0.1, 0.15) is 46.0 Å². The van der Waals surface area contributed by atoms with E-state index < -0.39 is 0 Å². The zero-order valence-electron chi connectivity index (χ0n) is 14.0. The van der Waals surface area contributed by atoms with Crippen LogP contribution in [0.3, 0.4) is 0 Å². The summed E-state index contributed by atoms with van der Waals surface area (Å²) in [4.78, 5) is 27.1. The van der Waals surface area contributed by atoms with Crippen molar-refractivity contribution in [3.05, 3.63) is 28.7 Å². The number of rotatable bonds is 2. The Labute approximate surface area is 150 Å². The maximum absolute atomic E-state index is 13.0. The van der Waals surface area contributed by atoms with Crippen LogP contribution in [0.15, 0.2) is 33.8 Å². The SMILES string of the molecule is CC1CCCC(C)N1C(=O)C1=NN(c2ccc(Br)cc2)C(=O)CC1. The molecule has 2 unspecified atom stereocenters. The molecular weight excluding hydrogens is 370 g/mol. The monoisotopic (exact) mass is 391 g/mol. The highest BCUT2D eigenvalue weighted by atomic mass is 79.9. The second-order valence-electron chi connectivity index (χ2n) is 6.57. The van der Waals surface area contributed by atoms with E-state index in [0.29, 0.717) is 24.2 Å². The van der Waals surface area contributed by atoms with Crippen molar-refractivity contribution >= 4 is 39.1 Å². The predicted molar refractivity (Wildman–Crippen MR) is 97.9 cm³/mol. The quantitative estimate of drug-likeness (QED) is 0.770. The molecule has 5 nitrogen and oxygen atoms in total. The minimum absolute atomic E-state index is 0.0238. The molecule has 1 aromatic rings. The number of hydrogen-bond donors (Lipinski definition) is 0. The number of amides is 2. The van der Waals surface area contributed by atoms with E-state index in [-0.39, 0.29) is 23.9 Å². The lowest BCUT2D eigenvalue weighted by Crippen LogP contribution is -2.51. The van der Waals surface area contributed by atoms with Gasteiger partial charge >= 0.3 is 0 Å². The maximum atomic E-state index is 13.0. The Bertz CT molecular complexity index is 661. The van der Waals surface area contributed by atoms with Crippen LogP contribution in [0, 0.1) is 0 Å². The standard InChI is InChI=1S/C18H22BrN3O2/c1-12-4-3-5-13(2)21(12)18(24)16-10-11-17(23)22(20-16)15-8-6-14(19)7-9-15/h6-9,12-13H,3-5,10-11H2,1-2H3. The van der Waals surface area contributed by atoms with Gasteiger partial charge in [0, 0.05) is 29.4 Å². The van der Waals surface area contributed by atoms with Crippen LogP contribution >= 0.6 is 15.9 Å². The number of piperidine rings is 1. The Morgan fingerprint density at radius 3 is 2.38 bits per heavy atom. The van der Waals surface area contributed by atoms with Crippen LogP contribution in [0.25, 0.3) is 0 Å². The third-order valence-corrected chi connectivity index (χ3v) is 5.31. The van der Waals surface area contributed by atoms with Gasteiger partial charge in [-0.2, -0.15) is 5.10 Å². The Kier molecular flexibility index (Phi) is 5.04. The minimum Gasteiger partial charge on any atom is -0.332 e. The molecule has 128 valence electrons. The molecule has 0 aromatic heterocycles. The highest BCUT2D eigenvalue weighted by Gasteiger charge is 2.34. The van der Waals surface area contributed by atoms with Gasteiger partial charge in [-0.05, 0) is 57.4 Å². The van der Waals surface area contributed by atoms with Gasteiger partial charge in [-0.1, -0.05) is 15.9 Å². The number of likely N-dealkylation sites (tertiary alicyclic amines) is 1. The predicted octanol–water partition coefficient (Wildman–Crippen LogP) is 3.72. The fourth-order valence-corrected chi connectivity index (χ4v) is 3.73. The van der Waals surface area contributed by atoms with Crippen LogP contribution < -0.4 is 5.01 Å².